The lowest BCUT2D eigenvalue weighted by Crippen LogP contribution is -2.10. The zero-order valence-corrected chi connectivity index (χ0v) is 8.44. The van der Waals surface area contributed by atoms with Crippen LogP contribution in [0.4, 0.5) is 19.3 Å². The molecule has 90 valence electrons. The van der Waals surface area contributed by atoms with E-state index < -0.39 is 25.5 Å². The largest absolute Gasteiger partial charge is 0.465 e. The molecular weight excluding hydrogens is 220 g/mol. The summed E-state index contributed by atoms with van der Waals surface area (Å²) in [6.07, 6.45) is -2.43. The predicted octanol–water partition coefficient (Wildman–Crippen LogP) is 2.06. The molecule has 0 unspecified atom stereocenters. The second kappa shape index (κ2) is 8.60. The molecule has 0 heterocycles. The van der Waals surface area contributed by atoms with Crippen molar-refractivity contribution in [3.05, 3.63) is 30.3 Å². The van der Waals surface area contributed by atoms with E-state index in [9.17, 15) is 13.6 Å². The monoisotopic (exact) mass is 233 g/mol. The Balaban J connectivity index is 0.000000325. The summed E-state index contributed by atoms with van der Waals surface area (Å²) in [5.41, 5.74) is 0.593. The third-order valence-corrected chi connectivity index (χ3v) is 1.38. The molecule has 1 aromatic rings. The Hall–Kier alpha value is -1.69. The van der Waals surface area contributed by atoms with E-state index in [1.807, 2.05) is 6.07 Å². The first-order valence-electron chi connectivity index (χ1n) is 4.45. The minimum absolute atomic E-state index is 0.593. The van der Waals surface area contributed by atoms with Crippen molar-refractivity contribution < 1.29 is 23.8 Å². The van der Waals surface area contributed by atoms with E-state index in [0.29, 0.717) is 5.69 Å². The lowest BCUT2D eigenvalue weighted by Gasteiger charge is -1.96. The summed E-state index contributed by atoms with van der Waals surface area (Å²) in [5.74, 6) is 0. The van der Waals surface area contributed by atoms with E-state index in [2.05, 4.69) is 5.32 Å². The molecule has 0 aliphatic rings. The van der Waals surface area contributed by atoms with Crippen molar-refractivity contribution in [3.63, 3.8) is 0 Å². The lowest BCUT2D eigenvalue weighted by atomic mass is 10.3. The molecule has 0 aromatic heterocycles. The highest BCUT2D eigenvalue weighted by Gasteiger charge is 1.97. The van der Waals surface area contributed by atoms with E-state index in [0.717, 1.165) is 0 Å². The topological polar surface area (TPSA) is 69.6 Å². The molecule has 0 spiro atoms. The molecule has 0 saturated heterocycles. The van der Waals surface area contributed by atoms with E-state index in [4.69, 9.17) is 10.2 Å². The fourth-order valence-corrected chi connectivity index (χ4v) is 0.686. The normalized spacial score (nSPS) is 9.25. The lowest BCUT2D eigenvalue weighted by molar-refractivity contribution is 0.111. The van der Waals surface area contributed by atoms with Gasteiger partial charge in [-0.2, -0.15) is 0 Å². The van der Waals surface area contributed by atoms with Gasteiger partial charge in [0, 0.05) is 5.69 Å². The van der Waals surface area contributed by atoms with E-state index in [1.54, 1.807) is 24.3 Å². The van der Waals surface area contributed by atoms with Gasteiger partial charge in [0.05, 0.1) is 0 Å². The third kappa shape index (κ3) is 7.69. The van der Waals surface area contributed by atoms with Crippen LogP contribution < -0.4 is 5.32 Å². The number of hydrogen-bond acceptors (Lipinski definition) is 2. The Morgan fingerprint density at radius 2 is 1.75 bits per heavy atom. The second-order valence-electron chi connectivity index (χ2n) is 2.76. The highest BCUT2D eigenvalue weighted by atomic mass is 19.1. The number of rotatable bonds is 3. The first-order valence-corrected chi connectivity index (χ1v) is 4.45. The summed E-state index contributed by atoms with van der Waals surface area (Å²) in [7, 11) is 0. The molecule has 1 rings (SSSR count). The van der Waals surface area contributed by atoms with Gasteiger partial charge in [0.2, 0.25) is 0 Å². The molecule has 1 amide bonds. The average Bonchev–Trinajstić information content (AvgIpc) is 2.29. The van der Waals surface area contributed by atoms with E-state index in [-0.39, 0.29) is 0 Å². The molecule has 0 atom stereocenters. The van der Waals surface area contributed by atoms with E-state index in [1.165, 1.54) is 0 Å². The van der Waals surface area contributed by atoms with E-state index >= 15 is 0 Å². The van der Waals surface area contributed by atoms with Gasteiger partial charge in [-0.25, -0.2) is 13.6 Å². The minimum Gasteiger partial charge on any atom is -0.465 e. The Morgan fingerprint density at radius 1 is 1.25 bits per heavy atom. The number of carboxylic acid groups (broad SMARTS) is 1. The summed E-state index contributed by atoms with van der Waals surface area (Å²) in [6.45, 7) is -1.98. The maximum absolute atomic E-state index is 10.9. The van der Waals surface area contributed by atoms with Crippen molar-refractivity contribution in [3.8, 4) is 0 Å². The van der Waals surface area contributed by atoms with Gasteiger partial charge in [-0.05, 0) is 12.1 Å². The summed E-state index contributed by atoms with van der Waals surface area (Å²) in [4.78, 5) is 10.1. The van der Waals surface area contributed by atoms with Crippen LogP contribution in [0, 0.1) is 0 Å². The molecule has 0 aliphatic heterocycles. The Bertz CT molecular complexity index is 291. The number of alkyl halides is 2. The first-order chi connectivity index (χ1) is 7.60. The van der Waals surface area contributed by atoms with Crippen molar-refractivity contribution in [2.75, 3.05) is 18.7 Å². The van der Waals surface area contributed by atoms with Gasteiger partial charge in [-0.15, -0.1) is 0 Å². The van der Waals surface area contributed by atoms with Gasteiger partial charge < -0.3 is 10.2 Å². The average molecular weight is 233 g/mol. The van der Waals surface area contributed by atoms with Crippen molar-refractivity contribution in [1.29, 1.82) is 0 Å². The highest BCUT2D eigenvalue weighted by molar-refractivity contribution is 5.82. The second-order valence-corrected chi connectivity index (χ2v) is 2.76. The summed E-state index contributed by atoms with van der Waals surface area (Å²) in [5, 5.41) is 18.4. The Kier molecular flexibility index (Phi) is 7.70. The van der Waals surface area contributed by atoms with Crippen LogP contribution >= 0.6 is 0 Å². The molecule has 3 N–H and O–H groups in total. The molecule has 16 heavy (non-hydrogen) atoms. The summed E-state index contributed by atoms with van der Waals surface area (Å²) >= 11 is 0. The summed E-state index contributed by atoms with van der Waals surface area (Å²) < 4.78 is 21.8. The van der Waals surface area contributed by atoms with Crippen LogP contribution in [0.3, 0.4) is 0 Å². The van der Waals surface area contributed by atoms with Crippen LogP contribution in [0.1, 0.15) is 0 Å². The van der Waals surface area contributed by atoms with Crippen LogP contribution in [0.5, 0.6) is 0 Å². The number of hydrogen-bond donors (Lipinski definition) is 3. The molecular formula is C10H13F2NO3. The SMILES string of the molecule is O=C(O)Nc1ccccc1.OC(CF)CF. The molecule has 0 radical (unpaired) electrons. The number of para-hydroxylation sites is 1. The summed E-state index contributed by atoms with van der Waals surface area (Å²) in [6, 6.07) is 8.74. The van der Waals surface area contributed by atoms with Crippen LogP contribution in [-0.4, -0.2) is 35.8 Å². The number of carbonyl (C=O) groups is 1. The van der Waals surface area contributed by atoms with Crippen LogP contribution in [-0.2, 0) is 0 Å². The van der Waals surface area contributed by atoms with Crippen molar-refractivity contribution >= 4 is 11.8 Å². The van der Waals surface area contributed by atoms with Gasteiger partial charge in [-0.1, -0.05) is 18.2 Å². The zero-order valence-electron chi connectivity index (χ0n) is 8.44. The molecule has 0 saturated carbocycles. The molecule has 6 heteroatoms. The molecule has 1 aromatic carbocycles. The molecule has 4 nitrogen and oxygen atoms in total. The predicted molar refractivity (Wildman–Crippen MR) is 56.0 cm³/mol. The number of halogens is 2. The van der Waals surface area contributed by atoms with Crippen molar-refractivity contribution in [2.24, 2.45) is 0 Å². The van der Waals surface area contributed by atoms with Gasteiger partial charge in [0.25, 0.3) is 0 Å². The van der Waals surface area contributed by atoms with Gasteiger partial charge >= 0.3 is 6.09 Å². The third-order valence-electron chi connectivity index (χ3n) is 1.38. The van der Waals surface area contributed by atoms with Gasteiger partial charge in [0.1, 0.15) is 19.5 Å². The number of aliphatic hydroxyl groups excluding tert-OH is 1. The molecule has 0 aliphatic carbocycles. The van der Waals surface area contributed by atoms with Crippen LogP contribution in [0.15, 0.2) is 30.3 Å². The Labute approximate surface area is 91.5 Å². The smallest absolute Gasteiger partial charge is 0.409 e. The van der Waals surface area contributed by atoms with Crippen molar-refractivity contribution in [1.82, 2.24) is 0 Å². The Morgan fingerprint density at radius 3 is 2.06 bits per heavy atom. The minimum atomic E-state index is -1.40. The fraction of sp³-hybridized carbons (Fsp3) is 0.300. The first kappa shape index (κ1) is 14.3. The van der Waals surface area contributed by atoms with Crippen LogP contribution in [0.2, 0.25) is 0 Å². The quantitative estimate of drug-likeness (QED) is 0.748. The highest BCUT2D eigenvalue weighted by Crippen LogP contribution is 2.03. The molecule has 0 bridgehead atoms. The van der Waals surface area contributed by atoms with Crippen LogP contribution in [0.25, 0.3) is 0 Å². The zero-order chi connectivity index (χ0) is 12.4. The van der Waals surface area contributed by atoms with Gasteiger partial charge in [-0.3, -0.25) is 5.32 Å². The number of amides is 1. The van der Waals surface area contributed by atoms with Gasteiger partial charge in [0.15, 0.2) is 0 Å². The fourth-order valence-electron chi connectivity index (χ4n) is 0.686. The standard InChI is InChI=1S/C7H7NO2.C3H6F2O/c9-7(10)8-6-4-2-1-3-5-6;4-1-3(6)2-5/h1-5,8H,(H,9,10);3,6H,1-2H2. The van der Waals surface area contributed by atoms with Crippen molar-refractivity contribution in [2.45, 2.75) is 6.10 Å². The number of benzene rings is 1. The maximum atomic E-state index is 10.9. The number of aliphatic hydroxyl groups is 1. The number of nitrogens with one attached hydrogen (secondary N) is 1. The maximum Gasteiger partial charge on any atom is 0.409 e. The number of anilines is 1. The molecule has 0 fully saturated rings.